The van der Waals surface area contributed by atoms with Gasteiger partial charge in [-0.2, -0.15) is 0 Å². The first-order valence-corrected chi connectivity index (χ1v) is 6.69. The van der Waals surface area contributed by atoms with Crippen LogP contribution in [0.25, 0.3) is 0 Å². The number of carbonyl (C=O) groups excluding carboxylic acids is 1. The lowest BCUT2D eigenvalue weighted by atomic mass is 9.83. The smallest absolute Gasteiger partial charge is 0.225 e. The van der Waals surface area contributed by atoms with E-state index in [9.17, 15) is 4.79 Å². The third kappa shape index (κ3) is 2.26. The van der Waals surface area contributed by atoms with E-state index in [-0.39, 0.29) is 11.3 Å². The summed E-state index contributed by atoms with van der Waals surface area (Å²) < 4.78 is 0. The second-order valence-electron chi connectivity index (χ2n) is 6.85. The standard InChI is InChI=1S/C14H25NO/c1-9(15-13(16)14(2,3)4)12-8-10-5-6-11(12)7-10/h9-12H,5-8H2,1-4H3,(H,15,16)/t9-,10+,11+,12+/m1/s1. The summed E-state index contributed by atoms with van der Waals surface area (Å²) in [6.45, 7) is 8.14. The summed E-state index contributed by atoms with van der Waals surface area (Å²) in [4.78, 5) is 11.9. The molecule has 0 heterocycles. The number of amides is 1. The van der Waals surface area contributed by atoms with Gasteiger partial charge in [0.15, 0.2) is 0 Å². The van der Waals surface area contributed by atoms with Gasteiger partial charge < -0.3 is 5.32 Å². The molecule has 0 aromatic heterocycles. The Kier molecular flexibility index (Phi) is 3.02. The molecule has 2 heteroatoms. The van der Waals surface area contributed by atoms with Crippen molar-refractivity contribution in [2.75, 3.05) is 0 Å². The zero-order chi connectivity index (χ0) is 11.9. The molecule has 92 valence electrons. The lowest BCUT2D eigenvalue weighted by Crippen LogP contribution is -2.44. The van der Waals surface area contributed by atoms with Crippen LogP contribution in [0.1, 0.15) is 53.4 Å². The van der Waals surface area contributed by atoms with Crippen molar-refractivity contribution >= 4 is 5.91 Å². The van der Waals surface area contributed by atoms with E-state index in [0.717, 1.165) is 17.8 Å². The molecule has 2 nitrogen and oxygen atoms in total. The lowest BCUT2D eigenvalue weighted by molar-refractivity contribution is -0.129. The molecule has 0 aliphatic heterocycles. The maximum Gasteiger partial charge on any atom is 0.225 e. The summed E-state index contributed by atoms with van der Waals surface area (Å²) in [6, 6.07) is 0.363. The molecule has 2 fully saturated rings. The molecular weight excluding hydrogens is 198 g/mol. The van der Waals surface area contributed by atoms with E-state index in [1.54, 1.807) is 0 Å². The quantitative estimate of drug-likeness (QED) is 0.766. The number of carbonyl (C=O) groups is 1. The van der Waals surface area contributed by atoms with Gasteiger partial charge >= 0.3 is 0 Å². The molecule has 0 aromatic rings. The van der Waals surface area contributed by atoms with Crippen molar-refractivity contribution in [2.45, 2.75) is 59.4 Å². The van der Waals surface area contributed by atoms with E-state index >= 15 is 0 Å². The number of rotatable bonds is 2. The summed E-state index contributed by atoms with van der Waals surface area (Å²) in [5.74, 6) is 2.79. The Morgan fingerprint density at radius 1 is 1.25 bits per heavy atom. The molecule has 0 aromatic carbocycles. The first-order chi connectivity index (χ1) is 7.38. The third-order valence-corrected chi connectivity index (χ3v) is 4.47. The fourth-order valence-corrected chi connectivity index (χ4v) is 3.44. The highest BCUT2D eigenvalue weighted by Crippen LogP contribution is 2.49. The van der Waals surface area contributed by atoms with E-state index in [1.165, 1.54) is 25.7 Å². The Labute approximate surface area is 99.2 Å². The molecule has 2 saturated carbocycles. The molecule has 0 unspecified atom stereocenters. The van der Waals surface area contributed by atoms with Crippen molar-refractivity contribution in [1.29, 1.82) is 0 Å². The maximum atomic E-state index is 11.9. The van der Waals surface area contributed by atoms with Crippen LogP contribution in [-0.4, -0.2) is 11.9 Å². The van der Waals surface area contributed by atoms with Gasteiger partial charge in [0, 0.05) is 11.5 Å². The van der Waals surface area contributed by atoms with Crippen LogP contribution < -0.4 is 5.32 Å². The van der Waals surface area contributed by atoms with E-state index in [1.807, 2.05) is 20.8 Å². The summed E-state index contributed by atoms with van der Waals surface area (Å²) in [7, 11) is 0. The van der Waals surface area contributed by atoms with Crippen molar-refractivity contribution < 1.29 is 4.79 Å². The van der Waals surface area contributed by atoms with Gasteiger partial charge in [-0.15, -0.1) is 0 Å². The second kappa shape index (κ2) is 4.05. The molecular formula is C14H25NO. The van der Waals surface area contributed by atoms with Gasteiger partial charge in [-0.25, -0.2) is 0 Å². The van der Waals surface area contributed by atoms with Gasteiger partial charge in [-0.1, -0.05) is 27.2 Å². The van der Waals surface area contributed by atoms with Gasteiger partial charge in [0.2, 0.25) is 5.91 Å². The fraction of sp³-hybridized carbons (Fsp3) is 0.929. The zero-order valence-corrected chi connectivity index (χ0v) is 11.0. The average molecular weight is 223 g/mol. The zero-order valence-electron chi connectivity index (χ0n) is 11.0. The highest BCUT2D eigenvalue weighted by molar-refractivity contribution is 5.81. The van der Waals surface area contributed by atoms with Crippen LogP contribution in [0.3, 0.4) is 0 Å². The number of hydrogen-bond donors (Lipinski definition) is 1. The maximum absolute atomic E-state index is 11.9. The first kappa shape index (κ1) is 11.9. The lowest BCUT2D eigenvalue weighted by Gasteiger charge is -2.30. The van der Waals surface area contributed by atoms with Crippen molar-refractivity contribution in [3.8, 4) is 0 Å². The van der Waals surface area contributed by atoms with Crippen molar-refractivity contribution in [3.63, 3.8) is 0 Å². The molecule has 1 amide bonds. The predicted molar refractivity (Wildman–Crippen MR) is 66.0 cm³/mol. The molecule has 0 spiro atoms. The van der Waals surface area contributed by atoms with E-state index < -0.39 is 0 Å². The van der Waals surface area contributed by atoms with Crippen LogP contribution in [-0.2, 0) is 4.79 Å². The van der Waals surface area contributed by atoms with Crippen molar-refractivity contribution in [1.82, 2.24) is 5.32 Å². The number of hydrogen-bond acceptors (Lipinski definition) is 1. The van der Waals surface area contributed by atoms with Crippen LogP contribution in [0.5, 0.6) is 0 Å². The fourth-order valence-electron chi connectivity index (χ4n) is 3.44. The molecule has 2 bridgehead atoms. The van der Waals surface area contributed by atoms with Crippen LogP contribution >= 0.6 is 0 Å². The molecule has 1 N–H and O–H groups in total. The Balaban J connectivity index is 1.89. The van der Waals surface area contributed by atoms with E-state index in [4.69, 9.17) is 0 Å². The minimum Gasteiger partial charge on any atom is -0.353 e. The highest BCUT2D eigenvalue weighted by Gasteiger charge is 2.42. The summed E-state index contributed by atoms with van der Waals surface area (Å²) in [5.41, 5.74) is -0.258. The van der Waals surface area contributed by atoms with Gasteiger partial charge in [0.05, 0.1) is 0 Å². The molecule has 2 aliphatic rings. The molecule has 2 aliphatic carbocycles. The molecule has 0 radical (unpaired) electrons. The Morgan fingerprint density at radius 2 is 1.94 bits per heavy atom. The van der Waals surface area contributed by atoms with Crippen LogP contribution in [0.2, 0.25) is 0 Å². The first-order valence-electron chi connectivity index (χ1n) is 6.69. The SMILES string of the molecule is C[C@@H](NC(=O)C(C)(C)C)[C@@H]1C[C@H]2CC[C@H]1C2. The van der Waals surface area contributed by atoms with Crippen LogP contribution in [0, 0.1) is 23.2 Å². The topological polar surface area (TPSA) is 29.1 Å². The minimum absolute atomic E-state index is 0.197. The average Bonchev–Trinajstić information content (AvgIpc) is 2.76. The van der Waals surface area contributed by atoms with Gasteiger partial charge in [-0.3, -0.25) is 4.79 Å². The van der Waals surface area contributed by atoms with Gasteiger partial charge in [0.25, 0.3) is 0 Å². The Morgan fingerprint density at radius 3 is 2.38 bits per heavy atom. The minimum atomic E-state index is -0.258. The van der Waals surface area contributed by atoms with Crippen LogP contribution in [0.4, 0.5) is 0 Å². The Bertz CT molecular complexity index is 279. The largest absolute Gasteiger partial charge is 0.353 e. The predicted octanol–water partition coefficient (Wildman–Crippen LogP) is 2.97. The van der Waals surface area contributed by atoms with E-state index in [0.29, 0.717) is 6.04 Å². The van der Waals surface area contributed by atoms with Crippen LogP contribution in [0.15, 0.2) is 0 Å². The molecule has 2 rings (SSSR count). The molecule has 4 atom stereocenters. The number of fused-ring (bicyclic) bond motifs is 2. The molecule has 0 saturated heterocycles. The summed E-state index contributed by atoms with van der Waals surface area (Å²) in [5, 5.41) is 3.21. The van der Waals surface area contributed by atoms with Crippen molar-refractivity contribution in [2.24, 2.45) is 23.2 Å². The normalized spacial score (nSPS) is 35.1. The highest BCUT2D eigenvalue weighted by atomic mass is 16.2. The van der Waals surface area contributed by atoms with Gasteiger partial charge in [-0.05, 0) is 43.9 Å². The van der Waals surface area contributed by atoms with Gasteiger partial charge in [0.1, 0.15) is 0 Å². The third-order valence-electron chi connectivity index (χ3n) is 4.47. The summed E-state index contributed by atoms with van der Waals surface area (Å²) in [6.07, 6.45) is 5.59. The summed E-state index contributed by atoms with van der Waals surface area (Å²) >= 11 is 0. The van der Waals surface area contributed by atoms with E-state index in [2.05, 4.69) is 12.2 Å². The second-order valence-corrected chi connectivity index (χ2v) is 6.85. The Hall–Kier alpha value is -0.530. The van der Waals surface area contributed by atoms with Crippen molar-refractivity contribution in [3.05, 3.63) is 0 Å². The molecule has 16 heavy (non-hydrogen) atoms. The number of nitrogens with one attached hydrogen (secondary N) is 1. The monoisotopic (exact) mass is 223 g/mol.